The Bertz CT molecular complexity index is 329. The Morgan fingerprint density at radius 1 is 1.29 bits per heavy atom. The van der Waals surface area contributed by atoms with Crippen LogP contribution in [0.2, 0.25) is 0 Å². The molecule has 0 aliphatic rings. The molecular weight excluding hydrogens is 232 g/mol. The molecule has 94 valence electrons. The summed E-state index contributed by atoms with van der Waals surface area (Å²) in [7, 11) is 1.72. The standard InChI is InChI=1S/C13H20N2OS/c1-16-11-5-9-15(10-8-13(14)17)12-6-3-2-4-7-12/h2-4,6-7H,5,8-11H2,1H3,(H2,14,17). The van der Waals surface area contributed by atoms with Gasteiger partial charge in [-0.3, -0.25) is 0 Å². The summed E-state index contributed by atoms with van der Waals surface area (Å²) in [5, 5.41) is 0. The van der Waals surface area contributed by atoms with Crippen molar-refractivity contribution in [1.29, 1.82) is 0 Å². The third-order valence-corrected chi connectivity index (χ3v) is 2.73. The number of hydrogen-bond donors (Lipinski definition) is 1. The summed E-state index contributed by atoms with van der Waals surface area (Å²) >= 11 is 4.93. The minimum Gasteiger partial charge on any atom is -0.393 e. The van der Waals surface area contributed by atoms with E-state index in [-0.39, 0.29) is 0 Å². The van der Waals surface area contributed by atoms with Crippen LogP contribution in [-0.2, 0) is 4.74 Å². The Labute approximate surface area is 109 Å². The van der Waals surface area contributed by atoms with Crippen LogP contribution < -0.4 is 10.6 Å². The van der Waals surface area contributed by atoms with E-state index in [1.165, 1.54) is 5.69 Å². The summed E-state index contributed by atoms with van der Waals surface area (Å²) < 4.78 is 5.08. The van der Waals surface area contributed by atoms with Crippen LogP contribution in [0.5, 0.6) is 0 Å². The van der Waals surface area contributed by atoms with Gasteiger partial charge in [0.15, 0.2) is 0 Å². The lowest BCUT2D eigenvalue weighted by Gasteiger charge is -2.24. The van der Waals surface area contributed by atoms with Crippen LogP contribution in [0.4, 0.5) is 5.69 Å². The summed E-state index contributed by atoms with van der Waals surface area (Å²) in [6.45, 7) is 2.60. The number of rotatable bonds is 8. The third-order valence-electron chi connectivity index (χ3n) is 2.53. The van der Waals surface area contributed by atoms with Crippen LogP contribution in [0, 0.1) is 0 Å². The largest absolute Gasteiger partial charge is 0.393 e. The average Bonchev–Trinajstić information content (AvgIpc) is 2.34. The van der Waals surface area contributed by atoms with Crippen molar-refractivity contribution in [2.45, 2.75) is 12.8 Å². The molecule has 2 N–H and O–H groups in total. The first-order valence-corrected chi connectivity index (χ1v) is 6.22. The zero-order chi connectivity index (χ0) is 12.5. The number of hydrogen-bond acceptors (Lipinski definition) is 3. The van der Waals surface area contributed by atoms with E-state index in [9.17, 15) is 0 Å². The molecule has 0 spiro atoms. The van der Waals surface area contributed by atoms with Crippen molar-refractivity contribution < 1.29 is 4.74 Å². The predicted molar refractivity (Wildman–Crippen MR) is 76.6 cm³/mol. The van der Waals surface area contributed by atoms with Gasteiger partial charge in [-0.1, -0.05) is 30.4 Å². The first kappa shape index (κ1) is 13.9. The van der Waals surface area contributed by atoms with E-state index in [2.05, 4.69) is 17.0 Å². The highest BCUT2D eigenvalue weighted by Gasteiger charge is 2.05. The summed E-state index contributed by atoms with van der Waals surface area (Å²) in [6.07, 6.45) is 1.75. The van der Waals surface area contributed by atoms with Gasteiger partial charge in [-0.2, -0.15) is 0 Å². The molecule has 0 heterocycles. The maximum absolute atomic E-state index is 5.55. The van der Waals surface area contributed by atoms with Gasteiger partial charge in [-0.05, 0) is 18.6 Å². The van der Waals surface area contributed by atoms with Gasteiger partial charge < -0.3 is 15.4 Å². The zero-order valence-corrected chi connectivity index (χ0v) is 11.1. The number of para-hydroxylation sites is 1. The Morgan fingerprint density at radius 3 is 2.59 bits per heavy atom. The van der Waals surface area contributed by atoms with E-state index >= 15 is 0 Å². The van der Waals surface area contributed by atoms with Gasteiger partial charge >= 0.3 is 0 Å². The fraction of sp³-hybridized carbons (Fsp3) is 0.462. The molecule has 0 unspecified atom stereocenters. The number of benzene rings is 1. The van der Waals surface area contributed by atoms with Crippen molar-refractivity contribution in [1.82, 2.24) is 0 Å². The number of ether oxygens (including phenoxy) is 1. The summed E-state index contributed by atoms with van der Waals surface area (Å²) in [6, 6.07) is 10.3. The van der Waals surface area contributed by atoms with Gasteiger partial charge in [-0.15, -0.1) is 0 Å². The van der Waals surface area contributed by atoms with Crippen molar-refractivity contribution in [3.05, 3.63) is 30.3 Å². The third kappa shape index (κ3) is 5.65. The van der Waals surface area contributed by atoms with Crippen LogP contribution in [0.3, 0.4) is 0 Å². The smallest absolute Gasteiger partial charge is 0.0745 e. The molecule has 1 aromatic carbocycles. The first-order valence-electron chi connectivity index (χ1n) is 5.81. The van der Waals surface area contributed by atoms with Crippen LogP contribution >= 0.6 is 12.2 Å². The maximum Gasteiger partial charge on any atom is 0.0745 e. The Morgan fingerprint density at radius 2 is 2.00 bits per heavy atom. The zero-order valence-electron chi connectivity index (χ0n) is 10.3. The summed E-state index contributed by atoms with van der Waals surface area (Å²) in [5.74, 6) is 0. The Balaban J connectivity index is 2.55. The fourth-order valence-corrected chi connectivity index (χ4v) is 1.75. The molecule has 0 atom stereocenters. The van der Waals surface area contributed by atoms with Crippen LogP contribution in [0.15, 0.2) is 30.3 Å². The molecular formula is C13H20N2OS. The van der Waals surface area contributed by atoms with Crippen molar-refractivity contribution >= 4 is 22.9 Å². The highest BCUT2D eigenvalue weighted by atomic mass is 32.1. The minimum absolute atomic E-state index is 0.567. The molecule has 0 aliphatic heterocycles. The van der Waals surface area contributed by atoms with E-state index in [1.807, 2.05) is 18.2 Å². The normalized spacial score (nSPS) is 10.2. The molecule has 17 heavy (non-hydrogen) atoms. The van der Waals surface area contributed by atoms with Crippen molar-refractivity contribution in [3.8, 4) is 0 Å². The van der Waals surface area contributed by atoms with E-state index in [0.717, 1.165) is 32.5 Å². The molecule has 3 nitrogen and oxygen atoms in total. The van der Waals surface area contributed by atoms with Crippen LogP contribution in [-0.4, -0.2) is 31.8 Å². The molecule has 1 aromatic rings. The second kappa shape index (κ2) is 8.03. The van der Waals surface area contributed by atoms with Gasteiger partial charge in [-0.25, -0.2) is 0 Å². The number of methoxy groups -OCH3 is 1. The average molecular weight is 252 g/mol. The fourth-order valence-electron chi connectivity index (χ4n) is 1.65. The van der Waals surface area contributed by atoms with Crippen LogP contribution in [0.25, 0.3) is 0 Å². The second-order valence-corrected chi connectivity index (χ2v) is 4.41. The molecule has 0 radical (unpaired) electrons. The Kier molecular flexibility index (Phi) is 6.58. The quantitative estimate of drug-likeness (QED) is 0.568. The van der Waals surface area contributed by atoms with Gasteiger partial charge in [0.05, 0.1) is 4.99 Å². The van der Waals surface area contributed by atoms with Gasteiger partial charge in [0.1, 0.15) is 0 Å². The molecule has 0 fully saturated rings. The van der Waals surface area contributed by atoms with Crippen molar-refractivity contribution in [2.24, 2.45) is 5.73 Å². The molecule has 0 bridgehead atoms. The molecule has 0 amide bonds. The molecule has 0 aliphatic carbocycles. The second-order valence-electron chi connectivity index (χ2n) is 3.89. The van der Waals surface area contributed by atoms with Crippen molar-refractivity contribution in [2.75, 3.05) is 31.7 Å². The van der Waals surface area contributed by atoms with Gasteiger partial charge in [0.25, 0.3) is 0 Å². The lowest BCUT2D eigenvalue weighted by molar-refractivity contribution is 0.196. The Hall–Kier alpha value is -1.13. The van der Waals surface area contributed by atoms with Crippen molar-refractivity contribution in [3.63, 3.8) is 0 Å². The van der Waals surface area contributed by atoms with E-state index in [1.54, 1.807) is 7.11 Å². The molecule has 0 saturated heterocycles. The minimum atomic E-state index is 0.567. The summed E-state index contributed by atoms with van der Waals surface area (Å²) in [4.78, 5) is 2.86. The van der Waals surface area contributed by atoms with E-state index < -0.39 is 0 Å². The van der Waals surface area contributed by atoms with Gasteiger partial charge in [0, 0.05) is 38.9 Å². The number of nitrogens with two attached hydrogens (primary N) is 1. The molecule has 0 saturated carbocycles. The number of nitrogens with zero attached hydrogens (tertiary/aromatic N) is 1. The number of thiocarbonyl (C=S) groups is 1. The van der Waals surface area contributed by atoms with Crippen LogP contribution in [0.1, 0.15) is 12.8 Å². The number of anilines is 1. The summed E-state index contributed by atoms with van der Waals surface area (Å²) in [5.41, 5.74) is 6.76. The first-order chi connectivity index (χ1) is 8.24. The van der Waals surface area contributed by atoms with E-state index in [4.69, 9.17) is 22.7 Å². The maximum atomic E-state index is 5.55. The van der Waals surface area contributed by atoms with Gasteiger partial charge in [0.2, 0.25) is 0 Å². The lowest BCUT2D eigenvalue weighted by Crippen LogP contribution is -2.29. The topological polar surface area (TPSA) is 38.5 Å². The SMILES string of the molecule is COCCCN(CCC(N)=S)c1ccccc1. The molecule has 4 heteroatoms. The lowest BCUT2D eigenvalue weighted by atomic mass is 10.2. The molecule has 0 aromatic heterocycles. The molecule has 1 rings (SSSR count). The highest BCUT2D eigenvalue weighted by Crippen LogP contribution is 2.13. The predicted octanol–water partition coefficient (Wildman–Crippen LogP) is 2.21. The van der Waals surface area contributed by atoms with E-state index in [0.29, 0.717) is 4.99 Å². The highest BCUT2D eigenvalue weighted by molar-refractivity contribution is 7.80. The monoisotopic (exact) mass is 252 g/mol.